The van der Waals surface area contributed by atoms with Gasteiger partial charge in [-0.1, -0.05) is 30.7 Å². The Morgan fingerprint density at radius 2 is 1.94 bits per heavy atom. The summed E-state index contributed by atoms with van der Waals surface area (Å²) in [5, 5.41) is 3.50. The molecule has 6 heteroatoms. The summed E-state index contributed by atoms with van der Waals surface area (Å²) in [6.45, 7) is 4.11. The smallest absolute Gasteiger partial charge is 0.151 e. The Morgan fingerprint density at radius 1 is 1.19 bits per heavy atom. The Bertz CT molecular complexity index is 1040. The molecule has 4 N–H and O–H groups in total. The third-order valence-electron chi connectivity index (χ3n) is 5.25. The van der Waals surface area contributed by atoms with Crippen LogP contribution >= 0.6 is 11.6 Å². The Balaban J connectivity index is 1.93. The lowest BCUT2D eigenvalue weighted by molar-refractivity contribution is 0.618. The van der Waals surface area contributed by atoms with Gasteiger partial charge < -0.3 is 16.0 Å². The van der Waals surface area contributed by atoms with E-state index in [1.807, 2.05) is 31.2 Å². The van der Waals surface area contributed by atoms with Gasteiger partial charge in [-0.15, -0.1) is 0 Å². The molecule has 2 aromatic carbocycles. The number of halogens is 2. The van der Waals surface area contributed by atoms with Crippen molar-refractivity contribution >= 4 is 29.3 Å². The summed E-state index contributed by atoms with van der Waals surface area (Å²) in [7, 11) is 1.71. The summed E-state index contributed by atoms with van der Waals surface area (Å²) in [4.78, 5) is 7.45. The SMILES string of the molecule is CCc1ccc(Nc2[nH]c(-c3cc(CCCC(C)N)cc(Cl)c3F)cc2C=NC)cc1. The van der Waals surface area contributed by atoms with Crippen molar-refractivity contribution < 1.29 is 4.39 Å². The molecule has 1 atom stereocenters. The maximum atomic E-state index is 14.9. The molecule has 0 bridgehead atoms. The predicted octanol–water partition coefficient (Wildman–Crippen LogP) is 6.50. The molecule has 0 aliphatic heterocycles. The molecule has 3 rings (SSSR count). The summed E-state index contributed by atoms with van der Waals surface area (Å²) < 4.78 is 14.9. The standard InChI is InChI=1S/C25H30ClFN4/c1-4-17-8-10-20(11-9-17)30-25-19(15-29-3)14-23(31-25)21-12-18(7-5-6-16(2)28)13-22(26)24(21)27/h8-16,30-31H,4-7,28H2,1-3H3. The van der Waals surface area contributed by atoms with Gasteiger partial charge in [0.15, 0.2) is 5.82 Å². The van der Waals surface area contributed by atoms with Gasteiger partial charge in [-0.2, -0.15) is 0 Å². The van der Waals surface area contributed by atoms with Crippen LogP contribution in [-0.4, -0.2) is 24.3 Å². The van der Waals surface area contributed by atoms with Crippen LogP contribution in [0, 0.1) is 5.82 Å². The normalized spacial score (nSPS) is 12.5. The second kappa shape index (κ2) is 10.6. The summed E-state index contributed by atoms with van der Waals surface area (Å²) in [5.41, 5.74) is 11.0. The fourth-order valence-corrected chi connectivity index (χ4v) is 3.78. The molecule has 1 heterocycles. The zero-order valence-corrected chi connectivity index (χ0v) is 19.1. The summed E-state index contributed by atoms with van der Waals surface area (Å²) in [6, 6.07) is 13.8. The first-order valence-corrected chi connectivity index (χ1v) is 11.0. The number of aryl methyl sites for hydroxylation is 2. The summed E-state index contributed by atoms with van der Waals surface area (Å²) in [5.74, 6) is 0.320. The minimum Gasteiger partial charge on any atom is -0.341 e. The highest BCUT2D eigenvalue weighted by atomic mass is 35.5. The van der Waals surface area contributed by atoms with Crippen LogP contribution in [0.2, 0.25) is 5.02 Å². The van der Waals surface area contributed by atoms with Crippen molar-refractivity contribution in [2.45, 2.75) is 45.6 Å². The summed E-state index contributed by atoms with van der Waals surface area (Å²) >= 11 is 6.22. The van der Waals surface area contributed by atoms with E-state index in [9.17, 15) is 4.39 Å². The fourth-order valence-electron chi connectivity index (χ4n) is 3.54. The number of aromatic nitrogens is 1. The lowest BCUT2D eigenvalue weighted by Crippen LogP contribution is -2.14. The number of nitrogens with zero attached hydrogens (tertiary/aromatic N) is 1. The average molecular weight is 441 g/mol. The van der Waals surface area contributed by atoms with Gasteiger partial charge in [0.25, 0.3) is 0 Å². The van der Waals surface area contributed by atoms with Crippen molar-refractivity contribution in [1.82, 2.24) is 4.98 Å². The zero-order chi connectivity index (χ0) is 22.4. The van der Waals surface area contributed by atoms with E-state index in [0.717, 1.165) is 48.3 Å². The third kappa shape index (κ3) is 5.96. The van der Waals surface area contributed by atoms with Gasteiger partial charge in [0.1, 0.15) is 5.82 Å². The molecule has 164 valence electrons. The second-order valence-corrected chi connectivity index (χ2v) is 8.29. The molecule has 1 unspecified atom stereocenters. The Hall–Kier alpha value is -2.63. The number of hydrogen-bond acceptors (Lipinski definition) is 3. The third-order valence-corrected chi connectivity index (χ3v) is 5.53. The van der Waals surface area contributed by atoms with E-state index in [0.29, 0.717) is 11.3 Å². The first kappa shape index (κ1) is 23.0. The second-order valence-electron chi connectivity index (χ2n) is 7.88. The zero-order valence-electron chi connectivity index (χ0n) is 18.3. The number of benzene rings is 2. The molecule has 31 heavy (non-hydrogen) atoms. The van der Waals surface area contributed by atoms with Crippen LogP contribution in [0.1, 0.15) is 43.4 Å². The lowest BCUT2D eigenvalue weighted by atomic mass is 10.0. The minimum atomic E-state index is -0.433. The molecule has 1 aromatic heterocycles. The van der Waals surface area contributed by atoms with Crippen molar-refractivity contribution in [3.05, 3.63) is 70.0 Å². The van der Waals surface area contributed by atoms with Crippen molar-refractivity contribution in [3.8, 4) is 11.3 Å². The largest absolute Gasteiger partial charge is 0.341 e. The van der Waals surface area contributed by atoms with Crippen molar-refractivity contribution in [3.63, 3.8) is 0 Å². The van der Waals surface area contributed by atoms with E-state index < -0.39 is 5.82 Å². The van der Waals surface area contributed by atoms with Gasteiger partial charge in [0, 0.05) is 36.1 Å². The number of rotatable bonds is 9. The van der Waals surface area contributed by atoms with Gasteiger partial charge >= 0.3 is 0 Å². The monoisotopic (exact) mass is 440 g/mol. The summed E-state index contributed by atoms with van der Waals surface area (Å²) in [6.07, 6.45) is 5.37. The molecule has 3 aromatic rings. The molecule has 4 nitrogen and oxygen atoms in total. The van der Waals surface area contributed by atoms with E-state index in [2.05, 4.69) is 34.3 Å². The maximum Gasteiger partial charge on any atom is 0.151 e. The van der Waals surface area contributed by atoms with E-state index >= 15 is 0 Å². The minimum absolute atomic E-state index is 0.123. The van der Waals surface area contributed by atoms with E-state index in [-0.39, 0.29) is 11.1 Å². The van der Waals surface area contributed by atoms with Crippen LogP contribution in [0.4, 0.5) is 15.9 Å². The number of H-pyrrole nitrogens is 1. The Labute approximate surface area is 188 Å². The first-order chi connectivity index (χ1) is 14.9. The van der Waals surface area contributed by atoms with Crippen LogP contribution in [-0.2, 0) is 12.8 Å². The molecule has 0 aliphatic rings. The van der Waals surface area contributed by atoms with Crippen LogP contribution < -0.4 is 11.1 Å². The van der Waals surface area contributed by atoms with E-state index in [1.165, 1.54) is 5.56 Å². The molecule has 0 amide bonds. The number of aliphatic imine (C=N–C) groups is 1. The molecule has 0 radical (unpaired) electrons. The number of aromatic amines is 1. The Morgan fingerprint density at radius 3 is 2.58 bits per heavy atom. The number of anilines is 2. The molecule has 0 spiro atoms. The van der Waals surface area contributed by atoms with Crippen LogP contribution in [0.5, 0.6) is 0 Å². The predicted molar refractivity (Wildman–Crippen MR) is 130 cm³/mol. The molecule has 0 saturated heterocycles. The number of hydrogen-bond donors (Lipinski definition) is 3. The number of nitrogens with one attached hydrogen (secondary N) is 2. The highest BCUT2D eigenvalue weighted by Crippen LogP contribution is 2.32. The van der Waals surface area contributed by atoms with Gasteiger partial charge in [0.2, 0.25) is 0 Å². The van der Waals surface area contributed by atoms with Gasteiger partial charge in [-0.3, -0.25) is 4.99 Å². The molecule has 0 fully saturated rings. The fraction of sp³-hybridized carbons (Fsp3) is 0.320. The van der Waals surface area contributed by atoms with Gasteiger partial charge in [-0.05, 0) is 74.1 Å². The number of nitrogens with two attached hydrogens (primary N) is 1. The molecule has 0 aliphatic carbocycles. The van der Waals surface area contributed by atoms with Crippen molar-refractivity contribution in [2.75, 3.05) is 12.4 Å². The van der Waals surface area contributed by atoms with Crippen LogP contribution in [0.3, 0.4) is 0 Å². The van der Waals surface area contributed by atoms with Crippen molar-refractivity contribution in [2.24, 2.45) is 10.7 Å². The quantitative estimate of drug-likeness (QED) is 0.332. The molecular formula is C25H30ClFN4. The highest BCUT2D eigenvalue weighted by molar-refractivity contribution is 6.31. The maximum absolute atomic E-state index is 14.9. The first-order valence-electron chi connectivity index (χ1n) is 10.7. The van der Waals surface area contributed by atoms with Gasteiger partial charge in [-0.25, -0.2) is 4.39 Å². The Kier molecular flexibility index (Phi) is 7.88. The van der Waals surface area contributed by atoms with Crippen LogP contribution in [0.15, 0.2) is 47.5 Å². The molecular weight excluding hydrogens is 411 g/mol. The van der Waals surface area contributed by atoms with E-state index in [1.54, 1.807) is 19.3 Å². The highest BCUT2D eigenvalue weighted by Gasteiger charge is 2.16. The topological polar surface area (TPSA) is 66.2 Å². The van der Waals surface area contributed by atoms with Crippen molar-refractivity contribution in [1.29, 1.82) is 0 Å². The van der Waals surface area contributed by atoms with Crippen LogP contribution in [0.25, 0.3) is 11.3 Å². The van der Waals surface area contributed by atoms with E-state index in [4.69, 9.17) is 17.3 Å². The molecule has 0 saturated carbocycles. The van der Waals surface area contributed by atoms with Gasteiger partial charge in [0.05, 0.1) is 10.7 Å². The lowest BCUT2D eigenvalue weighted by Gasteiger charge is -2.10. The average Bonchev–Trinajstić information content (AvgIpc) is 3.13.